The molecule has 0 aromatic heterocycles. The van der Waals surface area contributed by atoms with Crippen LogP contribution in [0.25, 0.3) is 0 Å². The van der Waals surface area contributed by atoms with Crippen LogP contribution in [0.4, 0.5) is 0 Å². The fourth-order valence-electron chi connectivity index (χ4n) is 17.0. The van der Waals surface area contributed by atoms with Crippen molar-refractivity contribution >= 4 is 81.2 Å². The number of likely N-dealkylation sites (tertiary alicyclic amines) is 1. The maximum atomic E-state index is 11.6. The predicted octanol–water partition coefficient (Wildman–Crippen LogP) is 29.7. The summed E-state index contributed by atoms with van der Waals surface area (Å²) in [7, 11) is 0. The first-order chi connectivity index (χ1) is 63.8. The van der Waals surface area contributed by atoms with Crippen LogP contribution >= 0.6 is 81.2 Å². The zero-order chi connectivity index (χ0) is 91.5. The molecule has 0 unspecified atom stereocenters. The zero-order valence-electron chi connectivity index (χ0n) is 71.6. The lowest BCUT2D eigenvalue weighted by Crippen LogP contribution is -2.46. The van der Waals surface area contributed by atoms with Gasteiger partial charge in [0.05, 0.1) is 5.54 Å². The van der Waals surface area contributed by atoms with Crippen molar-refractivity contribution in [1.82, 2.24) is 4.90 Å². The minimum Gasteiger partial charge on any atom is -0.376 e. The molecule has 1 aliphatic rings. The average Bonchev–Trinajstić information content (AvgIpc) is 1.27. The normalized spacial score (nSPS) is 12.1. The van der Waals surface area contributed by atoms with Crippen molar-refractivity contribution in [2.45, 2.75) is 46.4 Å². The third kappa shape index (κ3) is 22.0. The first kappa shape index (κ1) is 94.9. The maximum absolute atomic E-state index is 11.6. The van der Waals surface area contributed by atoms with E-state index >= 15 is 0 Å². The highest BCUT2D eigenvalue weighted by Crippen LogP contribution is 2.47. The molecule has 0 amide bonds. The summed E-state index contributed by atoms with van der Waals surface area (Å²) in [6, 6.07) is 161. The Bertz CT molecular complexity index is 6230. The molecule has 131 heavy (non-hydrogen) atoms. The van der Waals surface area contributed by atoms with Crippen LogP contribution in [-0.2, 0) is 33.5 Å². The maximum Gasteiger partial charge on any atom is 0.141 e. The van der Waals surface area contributed by atoms with E-state index in [9.17, 15) is 25.5 Å². The van der Waals surface area contributed by atoms with E-state index < -0.39 is 28.0 Å². The van der Waals surface area contributed by atoms with Gasteiger partial charge < -0.3 is 25.5 Å². The molecule has 13 heteroatoms. The molecule has 1 fully saturated rings. The van der Waals surface area contributed by atoms with Crippen molar-refractivity contribution in [3.63, 3.8) is 0 Å². The Labute approximate surface area is 804 Å². The number of rotatable bonds is 19. The lowest BCUT2D eigenvalue weighted by molar-refractivity contribution is 0.125. The molecule has 0 atom stereocenters. The summed E-state index contributed by atoms with van der Waals surface area (Å²) in [4.78, 5) is 2.66. The lowest BCUT2D eigenvalue weighted by atomic mass is 9.75. The molecule has 0 saturated carbocycles. The van der Waals surface area contributed by atoms with Gasteiger partial charge in [0.25, 0.3) is 0 Å². The molecule has 1 heterocycles. The highest BCUT2D eigenvalue weighted by Gasteiger charge is 2.44. The predicted molar refractivity (Wildman–Crippen MR) is 544 cm³/mol. The van der Waals surface area contributed by atoms with Crippen molar-refractivity contribution in [1.29, 1.82) is 0 Å². The molecule has 5 N–H and O–H groups in total. The van der Waals surface area contributed by atoms with E-state index in [0.717, 1.165) is 79.9 Å². The van der Waals surface area contributed by atoms with E-state index in [2.05, 4.69) is 95.9 Å². The number of hydrogen-bond acceptors (Lipinski definition) is 6. The van der Waals surface area contributed by atoms with E-state index in [1.165, 1.54) is 29.5 Å². The second-order valence-corrected chi connectivity index (χ2v) is 34.5. The number of benzene rings is 18. The van der Waals surface area contributed by atoms with E-state index in [-0.39, 0.29) is 6.97 Å². The standard InChI is InChI=1S/C23H23N.2C19H14Cl2O.3C19H15ClO.H2/c1-4-12-20(13-5-1)23(24-18-10-11-19-24,21-14-6-2-7-15-21)22-16-8-3-9-17-22;20-17-10-4-8-15(12-17)19(22,14-6-2-1-3-7-14)16-9-5-11-18(21)13-16;20-17-10-6-15(7-11-17)19(22,14-4-2-1-3-5-14)16-8-12-18(21)13-9-16;20-18-14-8-7-13-17(18)19(21,15-9-3-1-4-10-15)16-11-5-2-6-12-16;20-18-13-7-12-17(14-18)19(21,15-8-3-1-4-9-15)16-10-5-2-6-11-16;20-18-13-11-17(12-14-18)19(21,15-7-3-1-4-8-15)16-9-5-2-6-10-16;/h1-9,12-17H,10-11,18-19H2;2*1-13,22H;3*1-14,21H;1H/i;;;;;;1+2. The van der Waals surface area contributed by atoms with Crippen molar-refractivity contribution in [2.24, 2.45) is 0 Å². The Morgan fingerprint density at radius 3 is 0.565 bits per heavy atom. The van der Waals surface area contributed by atoms with Gasteiger partial charge in [-0.3, -0.25) is 4.90 Å². The van der Waals surface area contributed by atoms with Gasteiger partial charge in [0.1, 0.15) is 28.0 Å². The molecule has 0 bridgehead atoms. The lowest BCUT2D eigenvalue weighted by Gasteiger charge is -2.43. The van der Waals surface area contributed by atoms with Crippen LogP contribution in [0.2, 0.25) is 35.2 Å². The summed E-state index contributed by atoms with van der Waals surface area (Å²) in [6.45, 7) is 2.28. The van der Waals surface area contributed by atoms with Gasteiger partial charge in [0.15, 0.2) is 0 Å². The van der Waals surface area contributed by atoms with E-state index in [1.54, 1.807) is 66.7 Å². The van der Waals surface area contributed by atoms with Gasteiger partial charge >= 0.3 is 0 Å². The van der Waals surface area contributed by atoms with Crippen LogP contribution in [0.1, 0.15) is 114 Å². The molecule has 19 rings (SSSR count). The monoisotopic (exact) mass is 1860 g/mol. The Balaban J connectivity index is 0.000000135. The fourth-order valence-corrected chi connectivity index (χ4v) is 18.2. The minimum absolute atomic E-state index is 0. The first-order valence-corrected chi connectivity index (χ1v) is 45.7. The Kier molecular flexibility index (Phi) is 32.6. The van der Waals surface area contributed by atoms with Crippen LogP contribution in [0.3, 0.4) is 0 Å². The van der Waals surface area contributed by atoms with Crippen molar-refractivity contribution < 1.29 is 27.0 Å². The molecule has 18 aromatic carbocycles. The molecule has 1 aliphatic heterocycles. The second-order valence-electron chi connectivity index (χ2n) is 31.5. The molecule has 1 saturated heterocycles. The van der Waals surface area contributed by atoms with Gasteiger partial charge in [-0.1, -0.05) is 506 Å². The Morgan fingerprint density at radius 1 is 0.168 bits per heavy atom. The summed E-state index contributed by atoms with van der Waals surface area (Å²) in [6.07, 6.45) is 2.54. The summed E-state index contributed by atoms with van der Waals surface area (Å²) in [5.74, 6) is 0. The topological polar surface area (TPSA) is 104 Å². The zero-order valence-corrected chi connectivity index (χ0v) is 76.9. The average molecular weight is 1860 g/mol. The van der Waals surface area contributed by atoms with Gasteiger partial charge in [-0.2, -0.15) is 0 Å². The summed E-state index contributed by atoms with van der Waals surface area (Å²) >= 11 is 42.6. The Hall–Kier alpha value is -12.3. The van der Waals surface area contributed by atoms with E-state index in [4.69, 9.17) is 81.2 Å². The largest absolute Gasteiger partial charge is 0.376 e. The van der Waals surface area contributed by atoms with E-state index in [1.807, 2.05) is 346 Å². The van der Waals surface area contributed by atoms with Crippen molar-refractivity contribution in [3.8, 4) is 0 Å². The molecule has 18 aromatic rings. The highest BCUT2D eigenvalue weighted by molar-refractivity contribution is 6.32. The van der Waals surface area contributed by atoms with Crippen LogP contribution in [0.15, 0.2) is 504 Å². The number of nitrogens with zero attached hydrogens (tertiary/aromatic N) is 1. The highest BCUT2D eigenvalue weighted by atomic mass is 35.5. The smallest absolute Gasteiger partial charge is 0.141 e. The van der Waals surface area contributed by atoms with Gasteiger partial charge in [-0.25, -0.2) is 0 Å². The second kappa shape index (κ2) is 45.1. The molecule has 0 spiro atoms. The van der Waals surface area contributed by atoms with Gasteiger partial charge in [0, 0.05) is 42.1 Å². The van der Waals surface area contributed by atoms with Gasteiger partial charge in [-0.05, 0) is 199 Å². The summed E-state index contributed by atoms with van der Waals surface area (Å²) < 4.78 is 0. The minimum atomic E-state index is -1.31. The van der Waals surface area contributed by atoms with Crippen molar-refractivity contribution in [3.05, 3.63) is 639 Å². The van der Waals surface area contributed by atoms with Crippen LogP contribution in [0.5, 0.6) is 0 Å². The molecular weight excluding hydrogens is 1760 g/mol. The molecular formula is C118H98Cl7NO5. The SMILES string of the molecule is OC(c1ccccc1)(c1ccc(Cl)cc1)c1ccc(Cl)cc1.OC(c1ccccc1)(c1cccc(Cl)c1)c1cccc(Cl)c1.OC(c1ccccc1)(c1ccccc1)c1ccc(Cl)cc1.OC(c1ccccc1)(c1ccccc1)c1cccc(Cl)c1.OC(c1ccccc1)(c1ccccc1)c1ccccc1Cl.[3HH].c1ccc(C(c2ccccc2)(c2ccccc2)N2CCCC2)cc1. The number of halogens is 7. The Morgan fingerprint density at radius 2 is 0.344 bits per heavy atom. The molecule has 6 nitrogen and oxygen atoms in total. The molecule has 0 radical (unpaired) electrons. The van der Waals surface area contributed by atoms with E-state index in [0.29, 0.717) is 51.8 Å². The van der Waals surface area contributed by atoms with Crippen LogP contribution in [-0.4, -0.2) is 43.5 Å². The van der Waals surface area contributed by atoms with Gasteiger partial charge in [-0.15, -0.1) is 0 Å². The first-order valence-electron chi connectivity index (χ1n) is 43.1. The summed E-state index contributed by atoms with van der Waals surface area (Å²) in [5.41, 5.74) is 9.22. The van der Waals surface area contributed by atoms with Crippen LogP contribution < -0.4 is 0 Å². The van der Waals surface area contributed by atoms with Gasteiger partial charge in [0.2, 0.25) is 0 Å². The third-order valence-electron chi connectivity index (χ3n) is 23.5. The number of hydrogen-bond donors (Lipinski definition) is 5. The molecule has 654 valence electrons. The fraction of sp³-hybridized carbons (Fsp3) is 0.0847. The number of aliphatic hydroxyl groups is 5. The van der Waals surface area contributed by atoms with Crippen molar-refractivity contribution in [2.75, 3.05) is 13.1 Å². The third-order valence-corrected chi connectivity index (χ3v) is 25.3. The summed E-state index contributed by atoms with van der Waals surface area (Å²) in [5, 5.41) is 61.8. The van der Waals surface area contributed by atoms with Crippen LogP contribution in [0, 0.1) is 0 Å². The molecule has 0 aliphatic carbocycles. The quantitative estimate of drug-likeness (QED) is 0.0517.